The molecule has 0 fully saturated rings. The molecule has 0 spiro atoms. The van der Waals surface area contributed by atoms with E-state index >= 15 is 0 Å². The molecule has 0 aromatic heterocycles. The first-order valence-electron chi connectivity index (χ1n) is 11.1. The van der Waals surface area contributed by atoms with Crippen molar-refractivity contribution in [3.63, 3.8) is 0 Å². The summed E-state index contributed by atoms with van der Waals surface area (Å²) in [4.78, 5) is 0. The molecule has 0 saturated carbocycles. The number of ether oxygens (including phenoxy) is 2. The van der Waals surface area contributed by atoms with Crippen LogP contribution in [-0.2, 0) is 6.61 Å². The van der Waals surface area contributed by atoms with E-state index in [1.807, 2.05) is 52.0 Å². The van der Waals surface area contributed by atoms with Gasteiger partial charge < -0.3 is 14.8 Å². The maximum atomic E-state index is 13.1. The highest BCUT2D eigenvalue weighted by atomic mass is 32.1. The van der Waals surface area contributed by atoms with Gasteiger partial charge in [-0.15, -0.1) is 0 Å². The van der Waals surface area contributed by atoms with Crippen molar-refractivity contribution in [2.45, 2.75) is 46.3 Å². The number of thiocarbonyl (C=S) groups is 1. The summed E-state index contributed by atoms with van der Waals surface area (Å²) in [6.07, 6.45) is 0.598. The summed E-state index contributed by atoms with van der Waals surface area (Å²) in [6, 6.07) is 18.1. The largest absolute Gasteiger partial charge is 0.489 e. The molecule has 0 bridgehead atoms. The van der Waals surface area contributed by atoms with Crippen LogP contribution >= 0.6 is 12.2 Å². The molecule has 0 amide bonds. The average molecular weight is 478 g/mol. The lowest BCUT2D eigenvalue weighted by molar-refractivity contribution is 0.111. The van der Waals surface area contributed by atoms with Gasteiger partial charge in [-0.25, -0.2) is 4.39 Å². The van der Waals surface area contributed by atoms with Crippen molar-refractivity contribution in [2.75, 3.05) is 5.32 Å². The van der Waals surface area contributed by atoms with Gasteiger partial charge in [-0.05, 0) is 93.0 Å². The lowest BCUT2D eigenvalue weighted by Gasteiger charge is -2.33. The van der Waals surface area contributed by atoms with Gasteiger partial charge in [-0.3, -0.25) is 5.43 Å². The first-order valence-corrected chi connectivity index (χ1v) is 11.5. The molecule has 4 rings (SSSR count). The van der Waals surface area contributed by atoms with Gasteiger partial charge in [0.2, 0.25) is 0 Å². The van der Waals surface area contributed by atoms with E-state index in [9.17, 15) is 4.39 Å². The first kappa shape index (κ1) is 23.7. The van der Waals surface area contributed by atoms with E-state index < -0.39 is 5.60 Å². The summed E-state index contributed by atoms with van der Waals surface area (Å²) < 4.78 is 25.2. The number of hydrazone groups is 1. The van der Waals surface area contributed by atoms with Crippen LogP contribution in [0.1, 0.15) is 42.5 Å². The second kappa shape index (κ2) is 9.81. The van der Waals surface area contributed by atoms with Crippen molar-refractivity contribution in [1.29, 1.82) is 0 Å². The van der Waals surface area contributed by atoms with Gasteiger partial charge in [0.05, 0.1) is 5.71 Å². The zero-order chi connectivity index (χ0) is 24.3. The van der Waals surface area contributed by atoms with Crippen LogP contribution in [0, 0.1) is 19.7 Å². The molecule has 0 saturated heterocycles. The minimum absolute atomic E-state index is 0.268. The average Bonchev–Trinajstić information content (AvgIpc) is 2.79. The number of fused-ring (bicyclic) bond motifs is 1. The van der Waals surface area contributed by atoms with Crippen LogP contribution in [0.3, 0.4) is 0 Å². The fourth-order valence-corrected chi connectivity index (χ4v) is 3.89. The number of halogens is 1. The van der Waals surface area contributed by atoms with Crippen LogP contribution < -0.4 is 20.2 Å². The minimum atomic E-state index is -0.411. The van der Waals surface area contributed by atoms with Gasteiger partial charge in [0.15, 0.2) is 5.11 Å². The van der Waals surface area contributed by atoms with Crippen LogP contribution in [0.2, 0.25) is 0 Å². The number of nitrogens with zero attached hydrogens (tertiary/aromatic N) is 1. The highest BCUT2D eigenvalue weighted by molar-refractivity contribution is 7.80. The Kier molecular flexibility index (Phi) is 6.84. The van der Waals surface area contributed by atoms with Crippen molar-refractivity contribution in [1.82, 2.24) is 5.43 Å². The molecule has 1 heterocycles. The number of hydrogen-bond donors (Lipinski definition) is 2. The number of rotatable bonds is 5. The smallest absolute Gasteiger partial charge is 0.191 e. The van der Waals surface area contributed by atoms with Crippen molar-refractivity contribution in [3.05, 3.63) is 88.7 Å². The molecule has 7 heteroatoms. The van der Waals surface area contributed by atoms with E-state index in [1.54, 1.807) is 12.1 Å². The number of hydrogen-bond acceptors (Lipinski definition) is 4. The molecule has 1 aliphatic heterocycles. The Morgan fingerprint density at radius 2 is 1.85 bits per heavy atom. The van der Waals surface area contributed by atoms with Crippen LogP contribution in [0.4, 0.5) is 10.1 Å². The Balaban J connectivity index is 1.51. The predicted molar refractivity (Wildman–Crippen MR) is 138 cm³/mol. The normalized spacial score (nSPS) is 15.3. The highest BCUT2D eigenvalue weighted by Gasteiger charge is 2.31. The van der Waals surface area contributed by atoms with Crippen LogP contribution in [0.25, 0.3) is 0 Å². The van der Waals surface area contributed by atoms with Crippen LogP contribution in [0.15, 0.2) is 65.8 Å². The fourth-order valence-electron chi connectivity index (χ4n) is 3.73. The lowest BCUT2D eigenvalue weighted by Crippen LogP contribution is -2.37. The molecule has 3 aromatic carbocycles. The fraction of sp³-hybridized carbons (Fsp3) is 0.259. The van der Waals surface area contributed by atoms with Gasteiger partial charge >= 0.3 is 0 Å². The van der Waals surface area contributed by atoms with Gasteiger partial charge in [0.25, 0.3) is 0 Å². The molecule has 34 heavy (non-hydrogen) atoms. The lowest BCUT2D eigenvalue weighted by atomic mass is 9.92. The Morgan fingerprint density at radius 3 is 2.62 bits per heavy atom. The molecule has 2 N–H and O–H groups in total. The van der Waals surface area contributed by atoms with Gasteiger partial charge in [-0.2, -0.15) is 5.10 Å². The second-order valence-electron chi connectivity index (χ2n) is 9.05. The monoisotopic (exact) mass is 477 g/mol. The summed E-state index contributed by atoms with van der Waals surface area (Å²) in [5.74, 6) is 1.14. The van der Waals surface area contributed by atoms with Crippen molar-refractivity contribution >= 4 is 28.7 Å². The number of nitrogens with one attached hydrogen (secondary N) is 2. The van der Waals surface area contributed by atoms with E-state index in [-0.39, 0.29) is 5.82 Å². The maximum absolute atomic E-state index is 13.1. The molecule has 0 atom stereocenters. The van der Waals surface area contributed by atoms with Gasteiger partial charge in [-0.1, -0.05) is 24.3 Å². The van der Waals surface area contributed by atoms with Crippen molar-refractivity contribution in [2.24, 2.45) is 5.10 Å². The van der Waals surface area contributed by atoms with E-state index in [0.717, 1.165) is 39.4 Å². The third-order valence-corrected chi connectivity index (χ3v) is 5.69. The number of anilines is 1. The Bertz CT molecular complexity index is 1240. The SMILES string of the molecule is Cc1ccc(C)c(NC(=S)N/N=C2/CC(C)(C)Oc3ccc(OCc4ccc(F)cc4)cc32)c1. The van der Waals surface area contributed by atoms with Crippen molar-refractivity contribution in [3.8, 4) is 11.5 Å². The zero-order valence-corrected chi connectivity index (χ0v) is 20.6. The van der Waals surface area contributed by atoms with Gasteiger partial charge in [0.1, 0.15) is 29.5 Å². The van der Waals surface area contributed by atoms with E-state index in [0.29, 0.717) is 23.9 Å². The van der Waals surface area contributed by atoms with Crippen LogP contribution in [-0.4, -0.2) is 16.4 Å². The summed E-state index contributed by atoms with van der Waals surface area (Å²) in [7, 11) is 0. The van der Waals surface area contributed by atoms with E-state index in [1.165, 1.54) is 12.1 Å². The molecule has 5 nitrogen and oxygen atoms in total. The second-order valence-corrected chi connectivity index (χ2v) is 9.46. The standard InChI is InChI=1S/C27H28FN3O2S/c1-17-5-6-18(2)23(13-17)29-26(34)31-30-24-15-27(3,4)33-25-12-11-21(14-22(24)25)32-16-19-7-9-20(28)10-8-19/h5-14H,15-16H2,1-4H3,(H2,29,31,34)/b30-24-. The molecule has 0 unspecified atom stereocenters. The number of aryl methyl sites for hydroxylation is 2. The number of benzene rings is 3. The van der Waals surface area contributed by atoms with E-state index in [4.69, 9.17) is 21.7 Å². The third kappa shape index (κ3) is 5.91. The summed E-state index contributed by atoms with van der Waals surface area (Å²) in [5.41, 5.74) is 8.32. The summed E-state index contributed by atoms with van der Waals surface area (Å²) in [6.45, 7) is 8.45. The third-order valence-electron chi connectivity index (χ3n) is 5.49. The van der Waals surface area contributed by atoms with Crippen LogP contribution in [0.5, 0.6) is 11.5 Å². The summed E-state index contributed by atoms with van der Waals surface area (Å²) >= 11 is 5.48. The molecule has 0 radical (unpaired) electrons. The minimum Gasteiger partial charge on any atom is -0.489 e. The zero-order valence-electron chi connectivity index (χ0n) is 19.7. The first-order chi connectivity index (χ1) is 16.2. The Labute approximate surface area is 205 Å². The molecule has 176 valence electrons. The Morgan fingerprint density at radius 1 is 1.09 bits per heavy atom. The van der Waals surface area contributed by atoms with E-state index in [2.05, 4.69) is 28.0 Å². The topological polar surface area (TPSA) is 54.9 Å². The predicted octanol–water partition coefficient (Wildman–Crippen LogP) is 6.27. The molecule has 3 aromatic rings. The molecular weight excluding hydrogens is 449 g/mol. The maximum Gasteiger partial charge on any atom is 0.191 e. The Hall–Kier alpha value is -3.45. The molecular formula is C27H28FN3O2S. The summed E-state index contributed by atoms with van der Waals surface area (Å²) in [5, 5.41) is 8.26. The van der Waals surface area contributed by atoms with Crippen molar-refractivity contribution < 1.29 is 13.9 Å². The quantitative estimate of drug-likeness (QED) is 0.335. The molecule has 0 aliphatic carbocycles. The highest BCUT2D eigenvalue weighted by Crippen LogP contribution is 2.35. The molecule has 1 aliphatic rings. The van der Waals surface area contributed by atoms with Gasteiger partial charge in [0, 0.05) is 17.7 Å².